The number of aromatic nitrogens is 4. The Kier molecular flexibility index (Phi) is 4.95. The van der Waals surface area contributed by atoms with E-state index in [1.54, 1.807) is 15.5 Å². The van der Waals surface area contributed by atoms with Crippen LogP contribution in [0.2, 0.25) is 0 Å². The highest BCUT2D eigenvalue weighted by molar-refractivity contribution is 5.70. The van der Waals surface area contributed by atoms with Crippen LogP contribution >= 0.6 is 0 Å². The van der Waals surface area contributed by atoms with Gasteiger partial charge >= 0.3 is 5.69 Å². The molecule has 0 aliphatic carbocycles. The van der Waals surface area contributed by atoms with Gasteiger partial charge < -0.3 is 9.67 Å². The summed E-state index contributed by atoms with van der Waals surface area (Å²) in [5.41, 5.74) is 0.311. The monoisotopic (exact) mass is 294 g/mol. The van der Waals surface area contributed by atoms with Gasteiger partial charge in [0.2, 0.25) is 0 Å². The number of imidazole rings is 1. The Morgan fingerprint density at radius 2 is 1.76 bits per heavy atom. The summed E-state index contributed by atoms with van der Waals surface area (Å²) >= 11 is 0. The topological polar surface area (TPSA) is 82.0 Å². The third kappa shape index (κ3) is 2.78. The molecule has 2 heterocycles. The quantitative estimate of drug-likeness (QED) is 0.809. The fourth-order valence-electron chi connectivity index (χ4n) is 2.50. The third-order valence-corrected chi connectivity index (χ3v) is 3.44. The molecule has 0 amide bonds. The van der Waals surface area contributed by atoms with Gasteiger partial charge in [0, 0.05) is 26.2 Å². The summed E-state index contributed by atoms with van der Waals surface area (Å²) in [5, 5.41) is 8.96. The highest BCUT2D eigenvalue weighted by atomic mass is 16.3. The van der Waals surface area contributed by atoms with Crippen LogP contribution in [-0.4, -0.2) is 30.4 Å². The molecule has 2 aromatic heterocycles. The highest BCUT2D eigenvalue weighted by Crippen LogP contribution is 2.08. The summed E-state index contributed by atoms with van der Waals surface area (Å²) < 4.78 is 4.59. The first-order valence-electron chi connectivity index (χ1n) is 7.45. The SMILES string of the molecule is CCCn1c(=O)c2c(ncn2CCCO)n(CCC)c1=O. The van der Waals surface area contributed by atoms with Gasteiger partial charge in [-0.2, -0.15) is 0 Å². The van der Waals surface area contributed by atoms with E-state index in [-0.39, 0.29) is 17.9 Å². The molecule has 1 N–H and O–H groups in total. The number of aryl methyl sites for hydroxylation is 2. The van der Waals surface area contributed by atoms with Crippen molar-refractivity contribution >= 4 is 11.2 Å². The van der Waals surface area contributed by atoms with Crippen LogP contribution in [0, 0.1) is 0 Å². The fraction of sp³-hybridized carbons (Fsp3) is 0.643. The zero-order valence-electron chi connectivity index (χ0n) is 12.6. The van der Waals surface area contributed by atoms with E-state index in [1.807, 2.05) is 13.8 Å². The van der Waals surface area contributed by atoms with Crippen molar-refractivity contribution in [3.05, 3.63) is 27.2 Å². The fourth-order valence-corrected chi connectivity index (χ4v) is 2.50. The molecule has 0 fully saturated rings. The molecular formula is C14H22N4O3. The Bertz CT molecular complexity index is 726. The largest absolute Gasteiger partial charge is 0.396 e. The number of rotatable bonds is 7. The zero-order valence-corrected chi connectivity index (χ0v) is 12.6. The minimum absolute atomic E-state index is 0.0530. The van der Waals surface area contributed by atoms with Crippen molar-refractivity contribution in [3.63, 3.8) is 0 Å². The predicted molar refractivity (Wildman–Crippen MR) is 80.5 cm³/mol. The molecule has 2 aromatic rings. The molecule has 0 aliphatic rings. The van der Waals surface area contributed by atoms with Crippen molar-refractivity contribution in [2.24, 2.45) is 0 Å². The van der Waals surface area contributed by atoms with E-state index in [1.165, 1.54) is 4.57 Å². The number of hydrogen-bond acceptors (Lipinski definition) is 4. The number of fused-ring (bicyclic) bond motifs is 1. The molecule has 0 saturated carbocycles. The summed E-state index contributed by atoms with van der Waals surface area (Å²) in [6, 6.07) is 0. The van der Waals surface area contributed by atoms with Crippen molar-refractivity contribution in [1.29, 1.82) is 0 Å². The van der Waals surface area contributed by atoms with Crippen molar-refractivity contribution in [2.45, 2.75) is 52.7 Å². The lowest BCUT2D eigenvalue weighted by atomic mass is 10.4. The van der Waals surface area contributed by atoms with Gasteiger partial charge in [0.05, 0.1) is 6.33 Å². The van der Waals surface area contributed by atoms with Crippen LogP contribution < -0.4 is 11.2 Å². The molecule has 0 spiro atoms. The maximum Gasteiger partial charge on any atom is 0.332 e. The van der Waals surface area contributed by atoms with Crippen LogP contribution in [-0.2, 0) is 19.6 Å². The number of aliphatic hydroxyl groups excluding tert-OH is 1. The summed E-state index contributed by atoms with van der Waals surface area (Å²) in [6.07, 6.45) is 3.63. The van der Waals surface area contributed by atoms with Crippen molar-refractivity contribution in [1.82, 2.24) is 18.7 Å². The average Bonchev–Trinajstić information content (AvgIpc) is 2.89. The Hall–Kier alpha value is -1.89. The van der Waals surface area contributed by atoms with Gasteiger partial charge in [-0.15, -0.1) is 0 Å². The van der Waals surface area contributed by atoms with E-state index >= 15 is 0 Å². The second-order valence-corrected chi connectivity index (χ2v) is 5.08. The average molecular weight is 294 g/mol. The van der Waals surface area contributed by atoms with Crippen LogP contribution in [0.5, 0.6) is 0 Å². The van der Waals surface area contributed by atoms with Crippen LogP contribution in [0.15, 0.2) is 15.9 Å². The van der Waals surface area contributed by atoms with E-state index in [9.17, 15) is 9.59 Å². The first kappa shape index (κ1) is 15.5. The van der Waals surface area contributed by atoms with E-state index in [0.717, 1.165) is 12.8 Å². The Labute approximate surface area is 122 Å². The van der Waals surface area contributed by atoms with Crippen molar-refractivity contribution in [2.75, 3.05) is 6.61 Å². The minimum atomic E-state index is -0.292. The van der Waals surface area contributed by atoms with E-state index in [0.29, 0.717) is 37.2 Å². The molecule has 0 radical (unpaired) electrons. The van der Waals surface area contributed by atoms with Gasteiger partial charge in [-0.05, 0) is 19.3 Å². The number of hydrogen-bond donors (Lipinski definition) is 1. The molecule has 0 bridgehead atoms. The first-order chi connectivity index (χ1) is 10.2. The van der Waals surface area contributed by atoms with Crippen LogP contribution in [0.25, 0.3) is 11.2 Å². The smallest absolute Gasteiger partial charge is 0.332 e. The highest BCUT2D eigenvalue weighted by Gasteiger charge is 2.16. The van der Waals surface area contributed by atoms with E-state index in [2.05, 4.69) is 4.98 Å². The maximum absolute atomic E-state index is 12.6. The molecule has 116 valence electrons. The Morgan fingerprint density at radius 3 is 2.38 bits per heavy atom. The minimum Gasteiger partial charge on any atom is -0.396 e. The van der Waals surface area contributed by atoms with Gasteiger partial charge in [0.1, 0.15) is 0 Å². The molecule has 21 heavy (non-hydrogen) atoms. The molecule has 7 nitrogen and oxygen atoms in total. The summed E-state index contributed by atoms with van der Waals surface area (Å²) in [4.78, 5) is 29.3. The predicted octanol–water partition coefficient (Wildman–Crippen LogP) is 0.562. The lowest BCUT2D eigenvalue weighted by Crippen LogP contribution is -2.40. The van der Waals surface area contributed by atoms with Gasteiger partial charge in [-0.1, -0.05) is 13.8 Å². The lowest BCUT2D eigenvalue weighted by Gasteiger charge is -2.11. The third-order valence-electron chi connectivity index (χ3n) is 3.44. The lowest BCUT2D eigenvalue weighted by molar-refractivity contribution is 0.280. The van der Waals surface area contributed by atoms with Crippen molar-refractivity contribution < 1.29 is 5.11 Å². The van der Waals surface area contributed by atoms with Crippen LogP contribution in [0.4, 0.5) is 0 Å². The molecule has 0 aliphatic heterocycles. The maximum atomic E-state index is 12.6. The van der Waals surface area contributed by atoms with Crippen LogP contribution in [0.1, 0.15) is 33.1 Å². The van der Waals surface area contributed by atoms with Crippen LogP contribution in [0.3, 0.4) is 0 Å². The van der Waals surface area contributed by atoms with Crippen molar-refractivity contribution in [3.8, 4) is 0 Å². The Balaban J connectivity index is 2.73. The summed E-state index contributed by atoms with van der Waals surface area (Å²) in [7, 11) is 0. The molecule has 2 rings (SSSR count). The molecular weight excluding hydrogens is 272 g/mol. The van der Waals surface area contributed by atoms with Gasteiger partial charge in [-0.25, -0.2) is 9.78 Å². The summed E-state index contributed by atoms with van der Waals surface area (Å²) in [6.45, 7) is 5.43. The first-order valence-corrected chi connectivity index (χ1v) is 7.45. The van der Waals surface area contributed by atoms with E-state index < -0.39 is 0 Å². The molecule has 7 heteroatoms. The second kappa shape index (κ2) is 6.71. The number of aliphatic hydroxyl groups is 1. The zero-order chi connectivity index (χ0) is 15.4. The second-order valence-electron chi connectivity index (χ2n) is 5.08. The van der Waals surface area contributed by atoms with Gasteiger partial charge in [0.25, 0.3) is 5.56 Å². The number of nitrogens with zero attached hydrogens (tertiary/aromatic N) is 4. The molecule has 0 aromatic carbocycles. The molecule has 0 atom stereocenters. The molecule has 0 saturated heterocycles. The Morgan fingerprint density at radius 1 is 1.10 bits per heavy atom. The normalized spacial score (nSPS) is 11.4. The molecule has 0 unspecified atom stereocenters. The van der Waals surface area contributed by atoms with Gasteiger partial charge in [-0.3, -0.25) is 13.9 Å². The summed E-state index contributed by atoms with van der Waals surface area (Å²) in [5.74, 6) is 0. The van der Waals surface area contributed by atoms with Gasteiger partial charge in [0.15, 0.2) is 11.2 Å². The van der Waals surface area contributed by atoms with E-state index in [4.69, 9.17) is 5.11 Å². The standard InChI is InChI=1S/C14H22N4O3/c1-3-6-17-12-11(16(10-15-12)8-5-9-19)13(20)18(7-4-2)14(17)21/h10,19H,3-9H2,1-2H3.